The molecular formula is C7H8N2O4S2. The van der Waals surface area contributed by atoms with Gasteiger partial charge in [-0.25, -0.2) is 18.2 Å². The van der Waals surface area contributed by atoms with Crippen molar-refractivity contribution >= 4 is 37.8 Å². The second-order valence-electron chi connectivity index (χ2n) is 2.74. The normalized spacial score (nSPS) is 12.7. The summed E-state index contributed by atoms with van der Waals surface area (Å²) in [7, 11) is -3.53. The second kappa shape index (κ2) is 3.99. The number of aromatic nitrogens is 1. The molecule has 0 fully saturated rings. The molecule has 0 unspecified atom stereocenters. The van der Waals surface area contributed by atoms with Gasteiger partial charge in [-0.1, -0.05) is 0 Å². The number of aliphatic carboxylic acids is 1. The monoisotopic (exact) mass is 248 g/mol. The van der Waals surface area contributed by atoms with E-state index in [0.717, 1.165) is 17.6 Å². The molecule has 0 saturated heterocycles. The van der Waals surface area contributed by atoms with Gasteiger partial charge in [-0.05, 0) is 0 Å². The van der Waals surface area contributed by atoms with Gasteiger partial charge in [0, 0.05) is 17.0 Å². The van der Waals surface area contributed by atoms with E-state index in [1.54, 1.807) is 0 Å². The summed E-state index contributed by atoms with van der Waals surface area (Å²) in [4.78, 5) is 14.5. The van der Waals surface area contributed by atoms with Crippen molar-refractivity contribution < 1.29 is 18.3 Å². The molecule has 0 aliphatic rings. The fourth-order valence-electron chi connectivity index (χ4n) is 0.846. The van der Waals surface area contributed by atoms with Crippen molar-refractivity contribution in [1.82, 2.24) is 4.98 Å². The van der Waals surface area contributed by atoms with E-state index >= 15 is 0 Å². The average molecular weight is 248 g/mol. The fraction of sp³-hybridized carbons (Fsp3) is 0.143. The van der Waals surface area contributed by atoms with Crippen molar-refractivity contribution in [3.05, 3.63) is 16.5 Å². The highest BCUT2D eigenvalue weighted by Gasteiger charge is 2.16. The SMILES string of the molecule is CS(=O)(=O)/C=C(\C(=O)O)c1csc(N)n1. The van der Waals surface area contributed by atoms with Gasteiger partial charge in [0.25, 0.3) is 0 Å². The number of rotatable bonds is 3. The smallest absolute Gasteiger partial charge is 0.338 e. The zero-order valence-electron chi connectivity index (χ0n) is 7.67. The van der Waals surface area contributed by atoms with Crippen LogP contribution in [0.25, 0.3) is 5.57 Å². The van der Waals surface area contributed by atoms with Crippen LogP contribution in [0.2, 0.25) is 0 Å². The Morgan fingerprint density at radius 2 is 2.27 bits per heavy atom. The molecule has 1 heterocycles. The lowest BCUT2D eigenvalue weighted by atomic mass is 10.2. The Morgan fingerprint density at radius 1 is 1.67 bits per heavy atom. The van der Waals surface area contributed by atoms with Gasteiger partial charge in [-0.2, -0.15) is 0 Å². The first kappa shape index (κ1) is 11.7. The molecule has 0 saturated carbocycles. The summed E-state index contributed by atoms with van der Waals surface area (Å²) in [5, 5.41) is 11.0. The Kier molecular flexibility index (Phi) is 3.10. The molecule has 3 N–H and O–H groups in total. The number of nitrogens with two attached hydrogens (primary N) is 1. The van der Waals surface area contributed by atoms with Gasteiger partial charge < -0.3 is 10.8 Å². The summed E-state index contributed by atoms with van der Waals surface area (Å²) in [5.41, 5.74) is 4.99. The lowest BCUT2D eigenvalue weighted by Gasteiger charge is -1.96. The quantitative estimate of drug-likeness (QED) is 0.739. The summed E-state index contributed by atoms with van der Waals surface area (Å²) in [5.74, 6) is -1.36. The largest absolute Gasteiger partial charge is 0.478 e. The number of carbonyl (C=O) groups is 1. The van der Waals surface area contributed by atoms with Crippen LogP contribution in [-0.4, -0.2) is 30.7 Å². The van der Waals surface area contributed by atoms with Crippen molar-refractivity contribution in [3.8, 4) is 0 Å². The number of carboxylic acids is 1. The first-order valence-electron chi connectivity index (χ1n) is 3.66. The summed E-state index contributed by atoms with van der Waals surface area (Å²) in [6.45, 7) is 0. The third-order valence-electron chi connectivity index (χ3n) is 1.36. The van der Waals surface area contributed by atoms with Gasteiger partial charge >= 0.3 is 5.97 Å². The van der Waals surface area contributed by atoms with Gasteiger partial charge in [0.2, 0.25) is 0 Å². The minimum Gasteiger partial charge on any atom is -0.478 e. The van der Waals surface area contributed by atoms with E-state index in [9.17, 15) is 13.2 Å². The zero-order valence-corrected chi connectivity index (χ0v) is 9.30. The van der Waals surface area contributed by atoms with Crippen LogP contribution >= 0.6 is 11.3 Å². The molecule has 0 radical (unpaired) electrons. The number of hydrogen-bond acceptors (Lipinski definition) is 6. The molecule has 0 spiro atoms. The van der Waals surface area contributed by atoms with Crippen LogP contribution < -0.4 is 5.73 Å². The standard InChI is InChI=1S/C7H8N2O4S2/c1-15(12,13)3-4(6(10)11)5-2-14-7(8)9-5/h2-3H,1H3,(H2,8,9)(H,10,11)/b4-3-. The Labute approximate surface area is 90.0 Å². The molecule has 6 nitrogen and oxygen atoms in total. The zero-order chi connectivity index (χ0) is 11.6. The molecule has 0 aliphatic heterocycles. The maximum atomic E-state index is 10.9. The lowest BCUT2D eigenvalue weighted by molar-refractivity contribution is -0.130. The first-order valence-corrected chi connectivity index (χ1v) is 6.49. The first-order chi connectivity index (χ1) is 6.79. The van der Waals surface area contributed by atoms with Crippen molar-refractivity contribution in [2.75, 3.05) is 12.0 Å². The van der Waals surface area contributed by atoms with Crippen molar-refractivity contribution in [2.24, 2.45) is 0 Å². The average Bonchev–Trinajstić information content (AvgIpc) is 2.45. The Bertz CT molecular complexity index is 515. The van der Waals surface area contributed by atoms with E-state index in [4.69, 9.17) is 10.8 Å². The van der Waals surface area contributed by atoms with Gasteiger partial charge in [-0.3, -0.25) is 0 Å². The number of hydrogen-bond donors (Lipinski definition) is 2. The molecule has 0 bridgehead atoms. The molecule has 0 aliphatic carbocycles. The second-order valence-corrected chi connectivity index (χ2v) is 5.52. The molecule has 15 heavy (non-hydrogen) atoms. The third kappa shape index (κ3) is 3.33. The van der Waals surface area contributed by atoms with Crippen molar-refractivity contribution in [3.63, 3.8) is 0 Å². The molecule has 0 aromatic carbocycles. The van der Waals surface area contributed by atoms with Crippen LogP contribution in [0.15, 0.2) is 10.8 Å². The number of nitrogens with zero attached hydrogens (tertiary/aromatic N) is 1. The third-order valence-corrected chi connectivity index (χ3v) is 2.70. The molecule has 0 amide bonds. The van der Waals surface area contributed by atoms with Crippen LogP contribution in [-0.2, 0) is 14.6 Å². The molecule has 0 atom stereocenters. The van der Waals surface area contributed by atoms with Gasteiger partial charge in [0.1, 0.15) is 0 Å². The van der Waals surface area contributed by atoms with Crippen LogP contribution in [0.1, 0.15) is 5.69 Å². The van der Waals surface area contributed by atoms with E-state index in [-0.39, 0.29) is 16.4 Å². The van der Waals surface area contributed by atoms with E-state index in [1.807, 2.05) is 0 Å². The maximum absolute atomic E-state index is 10.9. The van der Waals surface area contributed by atoms with Gasteiger partial charge in [-0.15, -0.1) is 11.3 Å². The molecule has 1 aromatic rings. The highest BCUT2D eigenvalue weighted by molar-refractivity contribution is 7.93. The molecule has 1 aromatic heterocycles. The highest BCUT2D eigenvalue weighted by Crippen LogP contribution is 2.20. The maximum Gasteiger partial charge on any atom is 0.338 e. The van der Waals surface area contributed by atoms with E-state index in [1.165, 1.54) is 5.38 Å². The van der Waals surface area contributed by atoms with Gasteiger partial charge in [0.05, 0.1) is 11.3 Å². The van der Waals surface area contributed by atoms with Crippen molar-refractivity contribution in [2.45, 2.75) is 0 Å². The van der Waals surface area contributed by atoms with Crippen LogP contribution in [0.3, 0.4) is 0 Å². The topological polar surface area (TPSA) is 110 Å². The predicted molar refractivity (Wildman–Crippen MR) is 57.0 cm³/mol. The minimum absolute atomic E-state index is 0.0513. The Hall–Kier alpha value is -1.41. The lowest BCUT2D eigenvalue weighted by Crippen LogP contribution is -2.03. The number of sulfone groups is 1. The van der Waals surface area contributed by atoms with E-state index in [0.29, 0.717) is 5.41 Å². The molecular weight excluding hydrogens is 240 g/mol. The summed E-state index contributed by atoms with van der Waals surface area (Å²) < 4.78 is 21.9. The van der Waals surface area contributed by atoms with Crippen molar-refractivity contribution in [1.29, 1.82) is 0 Å². The van der Waals surface area contributed by atoms with E-state index in [2.05, 4.69) is 4.98 Å². The fourth-order valence-corrected chi connectivity index (χ4v) is 2.06. The van der Waals surface area contributed by atoms with Crippen LogP contribution in [0.4, 0.5) is 5.13 Å². The minimum atomic E-state index is -3.53. The Balaban J connectivity index is 3.27. The van der Waals surface area contributed by atoms with Crippen LogP contribution in [0.5, 0.6) is 0 Å². The molecule has 8 heteroatoms. The molecule has 1 rings (SSSR count). The van der Waals surface area contributed by atoms with Gasteiger partial charge in [0.15, 0.2) is 15.0 Å². The number of nitrogen functional groups attached to an aromatic ring is 1. The summed E-state index contributed by atoms with van der Waals surface area (Å²) >= 11 is 1.04. The highest BCUT2D eigenvalue weighted by atomic mass is 32.2. The van der Waals surface area contributed by atoms with E-state index < -0.39 is 15.8 Å². The number of carboxylic acid groups (broad SMARTS) is 1. The summed E-state index contributed by atoms with van der Waals surface area (Å²) in [6, 6.07) is 0. The predicted octanol–water partition coefficient (Wildman–Crippen LogP) is 0.195. The molecule has 82 valence electrons. The Morgan fingerprint density at radius 3 is 2.60 bits per heavy atom. The van der Waals surface area contributed by atoms with Crippen LogP contribution in [0, 0.1) is 0 Å². The number of thiazole rings is 1. The number of anilines is 1. The summed E-state index contributed by atoms with van der Waals surface area (Å²) in [6.07, 6.45) is 0.908.